The molecule has 0 aliphatic heterocycles. The summed E-state index contributed by atoms with van der Waals surface area (Å²) in [5, 5.41) is 3.77. The Kier molecular flexibility index (Phi) is 3.17. The number of aryl methyl sites for hydroxylation is 1. The van der Waals surface area contributed by atoms with Crippen LogP contribution in [0.25, 0.3) is 22.5 Å². The highest BCUT2D eigenvalue weighted by Crippen LogP contribution is 2.37. The van der Waals surface area contributed by atoms with Gasteiger partial charge < -0.3 is 10.3 Å². The quantitative estimate of drug-likeness (QED) is 0.769. The Hall–Kier alpha value is -2.69. The van der Waals surface area contributed by atoms with Crippen LogP contribution in [-0.4, -0.2) is 5.16 Å². The summed E-state index contributed by atoms with van der Waals surface area (Å²) in [4.78, 5) is 0. The number of halogens is 2. The number of rotatable bonds is 2. The summed E-state index contributed by atoms with van der Waals surface area (Å²) in [7, 11) is 0. The fraction of sp³-hybridized carbons (Fsp3) is 0.0625. The van der Waals surface area contributed by atoms with Gasteiger partial charge in [-0.3, -0.25) is 0 Å². The van der Waals surface area contributed by atoms with Gasteiger partial charge in [0.1, 0.15) is 11.6 Å². The van der Waals surface area contributed by atoms with Crippen LogP contribution in [0.4, 0.5) is 14.6 Å². The van der Waals surface area contributed by atoms with Crippen molar-refractivity contribution in [2.24, 2.45) is 0 Å². The molecule has 0 aliphatic carbocycles. The second-order valence-corrected chi connectivity index (χ2v) is 4.74. The molecule has 21 heavy (non-hydrogen) atoms. The van der Waals surface area contributed by atoms with Crippen LogP contribution in [0.2, 0.25) is 0 Å². The summed E-state index contributed by atoms with van der Waals surface area (Å²) in [6, 6.07) is 10.2. The van der Waals surface area contributed by atoms with E-state index in [1.54, 1.807) is 25.1 Å². The highest BCUT2D eigenvalue weighted by molar-refractivity contribution is 5.87. The first kappa shape index (κ1) is 13.3. The average molecular weight is 286 g/mol. The predicted octanol–water partition coefficient (Wildman–Crippen LogP) is 4.18. The fourth-order valence-corrected chi connectivity index (χ4v) is 2.26. The molecule has 5 heteroatoms. The van der Waals surface area contributed by atoms with Crippen molar-refractivity contribution in [2.45, 2.75) is 6.92 Å². The lowest BCUT2D eigenvalue weighted by Gasteiger charge is -2.06. The van der Waals surface area contributed by atoms with E-state index in [9.17, 15) is 8.78 Å². The average Bonchev–Trinajstić information content (AvgIpc) is 2.82. The number of aromatic nitrogens is 1. The summed E-state index contributed by atoms with van der Waals surface area (Å²) >= 11 is 0. The second kappa shape index (κ2) is 5.01. The topological polar surface area (TPSA) is 52.0 Å². The van der Waals surface area contributed by atoms with Crippen LogP contribution in [0.5, 0.6) is 0 Å². The third-order valence-electron chi connectivity index (χ3n) is 3.28. The summed E-state index contributed by atoms with van der Waals surface area (Å²) in [5.41, 5.74) is 8.52. The van der Waals surface area contributed by atoms with Crippen molar-refractivity contribution in [2.75, 3.05) is 5.73 Å². The number of hydrogen-bond acceptors (Lipinski definition) is 3. The van der Waals surface area contributed by atoms with Gasteiger partial charge in [-0.05, 0) is 48.4 Å². The molecule has 0 bridgehead atoms. The summed E-state index contributed by atoms with van der Waals surface area (Å²) in [6.07, 6.45) is 0. The Bertz CT molecular complexity index is 795. The van der Waals surface area contributed by atoms with Crippen molar-refractivity contribution in [1.82, 2.24) is 5.16 Å². The lowest BCUT2D eigenvalue weighted by molar-refractivity contribution is 0.436. The molecule has 1 aromatic heterocycles. The molecule has 106 valence electrons. The lowest BCUT2D eigenvalue weighted by Crippen LogP contribution is -1.90. The zero-order valence-corrected chi connectivity index (χ0v) is 11.2. The van der Waals surface area contributed by atoms with Crippen molar-refractivity contribution in [3.8, 4) is 22.5 Å². The summed E-state index contributed by atoms with van der Waals surface area (Å²) < 4.78 is 31.6. The van der Waals surface area contributed by atoms with Gasteiger partial charge in [0.25, 0.3) is 0 Å². The number of nitrogens with two attached hydrogens (primary N) is 1. The van der Waals surface area contributed by atoms with E-state index in [4.69, 9.17) is 10.3 Å². The number of nitrogen functional groups attached to an aromatic ring is 1. The van der Waals surface area contributed by atoms with E-state index in [0.29, 0.717) is 28.0 Å². The number of anilines is 1. The molecule has 3 aromatic rings. The highest BCUT2D eigenvalue weighted by Gasteiger charge is 2.19. The van der Waals surface area contributed by atoms with Crippen molar-refractivity contribution in [1.29, 1.82) is 0 Å². The van der Waals surface area contributed by atoms with E-state index in [1.807, 2.05) is 0 Å². The van der Waals surface area contributed by atoms with Gasteiger partial charge in [-0.2, -0.15) is 0 Å². The first-order valence-electron chi connectivity index (χ1n) is 6.34. The van der Waals surface area contributed by atoms with Gasteiger partial charge in [0.05, 0.1) is 5.56 Å². The smallest absolute Gasteiger partial charge is 0.177 e. The SMILES string of the molecule is Cc1cc(F)ccc1-c1onc(N)c1-c1ccc(F)cc1. The van der Waals surface area contributed by atoms with Crippen molar-refractivity contribution < 1.29 is 13.3 Å². The molecule has 0 fully saturated rings. The second-order valence-electron chi connectivity index (χ2n) is 4.74. The van der Waals surface area contributed by atoms with Gasteiger partial charge in [0.15, 0.2) is 11.6 Å². The van der Waals surface area contributed by atoms with Crippen LogP contribution in [-0.2, 0) is 0 Å². The van der Waals surface area contributed by atoms with E-state index in [-0.39, 0.29) is 17.5 Å². The van der Waals surface area contributed by atoms with Crippen LogP contribution in [0.3, 0.4) is 0 Å². The normalized spacial score (nSPS) is 10.8. The molecule has 0 amide bonds. The first-order chi connectivity index (χ1) is 10.1. The minimum absolute atomic E-state index is 0.209. The minimum Gasteiger partial charge on any atom is -0.380 e. The van der Waals surface area contributed by atoms with Crippen LogP contribution in [0.1, 0.15) is 5.56 Å². The van der Waals surface area contributed by atoms with E-state index >= 15 is 0 Å². The van der Waals surface area contributed by atoms with E-state index in [2.05, 4.69) is 5.16 Å². The van der Waals surface area contributed by atoms with Crippen LogP contribution >= 0.6 is 0 Å². The maximum absolute atomic E-state index is 13.2. The number of benzene rings is 2. The summed E-state index contributed by atoms with van der Waals surface area (Å²) in [6.45, 7) is 1.77. The van der Waals surface area contributed by atoms with Gasteiger partial charge in [0, 0.05) is 5.56 Å². The monoisotopic (exact) mass is 286 g/mol. The van der Waals surface area contributed by atoms with Crippen LogP contribution < -0.4 is 5.73 Å². The largest absolute Gasteiger partial charge is 0.380 e. The molecule has 2 N–H and O–H groups in total. The van der Waals surface area contributed by atoms with Crippen molar-refractivity contribution in [3.05, 3.63) is 59.7 Å². The van der Waals surface area contributed by atoms with Gasteiger partial charge in [-0.15, -0.1) is 0 Å². The van der Waals surface area contributed by atoms with Gasteiger partial charge in [-0.1, -0.05) is 17.3 Å². The zero-order valence-electron chi connectivity index (χ0n) is 11.2. The maximum Gasteiger partial charge on any atom is 0.177 e. The van der Waals surface area contributed by atoms with Crippen molar-refractivity contribution >= 4 is 5.82 Å². The Labute approximate surface area is 120 Å². The third kappa shape index (κ3) is 2.38. The fourth-order valence-electron chi connectivity index (χ4n) is 2.26. The van der Waals surface area contributed by atoms with Crippen molar-refractivity contribution in [3.63, 3.8) is 0 Å². The Balaban J connectivity index is 2.19. The zero-order chi connectivity index (χ0) is 15.0. The molecule has 0 unspecified atom stereocenters. The first-order valence-corrected chi connectivity index (χ1v) is 6.34. The van der Waals surface area contributed by atoms with E-state index in [1.165, 1.54) is 24.3 Å². The van der Waals surface area contributed by atoms with Crippen LogP contribution in [0, 0.1) is 18.6 Å². The molecule has 2 aromatic carbocycles. The van der Waals surface area contributed by atoms with Gasteiger partial charge in [-0.25, -0.2) is 8.78 Å². The molecule has 0 saturated carbocycles. The number of nitrogens with zero attached hydrogens (tertiary/aromatic N) is 1. The molecule has 1 heterocycles. The molecular weight excluding hydrogens is 274 g/mol. The summed E-state index contributed by atoms with van der Waals surface area (Å²) in [5.74, 6) is -0.0164. The van der Waals surface area contributed by atoms with Gasteiger partial charge >= 0.3 is 0 Å². The van der Waals surface area contributed by atoms with E-state index in [0.717, 1.165) is 0 Å². The third-order valence-corrected chi connectivity index (χ3v) is 3.28. The highest BCUT2D eigenvalue weighted by atomic mass is 19.1. The Morgan fingerprint density at radius 2 is 1.67 bits per heavy atom. The minimum atomic E-state index is -0.340. The lowest BCUT2D eigenvalue weighted by atomic mass is 9.98. The molecular formula is C16H12F2N2O. The Morgan fingerprint density at radius 3 is 2.33 bits per heavy atom. The molecule has 0 atom stereocenters. The number of hydrogen-bond donors (Lipinski definition) is 1. The van der Waals surface area contributed by atoms with Crippen LogP contribution in [0.15, 0.2) is 47.0 Å². The predicted molar refractivity (Wildman–Crippen MR) is 76.4 cm³/mol. The van der Waals surface area contributed by atoms with E-state index < -0.39 is 0 Å². The molecule has 0 radical (unpaired) electrons. The van der Waals surface area contributed by atoms with Gasteiger partial charge in [0.2, 0.25) is 0 Å². The maximum atomic E-state index is 13.2. The molecule has 3 nitrogen and oxygen atoms in total. The molecule has 3 rings (SSSR count). The standard InChI is InChI=1S/C16H12F2N2O/c1-9-8-12(18)6-7-13(9)15-14(16(19)20-21-15)10-2-4-11(17)5-3-10/h2-8H,1H3,(H2,19,20). The molecule has 0 aliphatic rings. The Morgan fingerprint density at radius 1 is 1.00 bits per heavy atom. The molecule has 0 saturated heterocycles. The molecule has 0 spiro atoms.